The molecule has 1 rings (SSSR count). The van der Waals surface area contributed by atoms with Crippen LogP contribution in [0.15, 0.2) is 17.1 Å². The number of hydrogen-bond acceptors (Lipinski definition) is 7. The Morgan fingerprint density at radius 3 is 1.83 bits per heavy atom. The molecule has 0 saturated carbocycles. The third kappa shape index (κ3) is 2.31. The summed E-state index contributed by atoms with van der Waals surface area (Å²) in [6, 6.07) is 0.759. The molecule has 96 valence electrons. The normalized spacial score (nSPS) is 13.6. The number of nitro benzene ring substituents is 2. The molecule has 0 radical (unpaired) electrons. The van der Waals surface area contributed by atoms with Crippen LogP contribution < -0.4 is 5.30 Å². The van der Waals surface area contributed by atoms with Gasteiger partial charge in [-0.15, -0.1) is 4.91 Å². The summed E-state index contributed by atoms with van der Waals surface area (Å²) in [4.78, 5) is 39.6. The highest BCUT2D eigenvalue weighted by molar-refractivity contribution is 7.64. The zero-order valence-electron chi connectivity index (χ0n) is 8.29. The molecule has 1 aromatic carbocycles. The third-order valence-corrected chi connectivity index (χ3v) is 3.05. The van der Waals surface area contributed by atoms with Crippen LogP contribution in [-0.4, -0.2) is 19.8 Å². The van der Waals surface area contributed by atoms with Crippen LogP contribution in [0.3, 0.4) is 0 Å². The Morgan fingerprint density at radius 2 is 1.56 bits per heavy atom. The van der Waals surface area contributed by atoms with Crippen molar-refractivity contribution in [1.82, 2.24) is 0 Å². The second-order valence-electron chi connectivity index (χ2n) is 2.97. The SMILES string of the molecule is O=NP(=O)(O)c1cc([N+](=O)[O-])c(O)c([N+](=O)[O-])c1. The van der Waals surface area contributed by atoms with Crippen molar-refractivity contribution < 1.29 is 24.4 Å². The minimum absolute atomic E-state index is 0.379. The molecule has 0 heterocycles. The lowest BCUT2D eigenvalue weighted by Crippen LogP contribution is -2.07. The maximum atomic E-state index is 11.2. The minimum Gasteiger partial charge on any atom is -0.497 e. The van der Waals surface area contributed by atoms with Gasteiger partial charge in [0.1, 0.15) is 0 Å². The van der Waals surface area contributed by atoms with Crippen LogP contribution in [0.2, 0.25) is 0 Å². The first-order chi connectivity index (χ1) is 8.20. The fraction of sp³-hybridized carbons (Fsp3) is 0. The number of benzene rings is 1. The number of phenolic OH excluding ortho intramolecular Hbond substituents is 1. The molecule has 11 nitrogen and oxygen atoms in total. The van der Waals surface area contributed by atoms with E-state index in [9.17, 15) is 34.8 Å². The van der Waals surface area contributed by atoms with Crippen LogP contribution in [-0.2, 0) is 4.57 Å². The fourth-order valence-corrected chi connectivity index (χ4v) is 1.76. The zero-order chi connectivity index (χ0) is 14.1. The molecule has 18 heavy (non-hydrogen) atoms. The van der Waals surface area contributed by atoms with Gasteiger partial charge in [-0.3, -0.25) is 24.8 Å². The molecule has 2 N–H and O–H groups in total. The van der Waals surface area contributed by atoms with Crippen molar-refractivity contribution in [3.8, 4) is 5.75 Å². The van der Waals surface area contributed by atoms with Crippen LogP contribution in [0.5, 0.6) is 5.75 Å². The fourth-order valence-electron chi connectivity index (χ4n) is 1.08. The van der Waals surface area contributed by atoms with Gasteiger partial charge in [0.15, 0.2) is 0 Å². The van der Waals surface area contributed by atoms with E-state index in [2.05, 4.69) is 0 Å². The summed E-state index contributed by atoms with van der Waals surface area (Å²) in [6.45, 7) is 0. The largest absolute Gasteiger partial charge is 0.497 e. The van der Waals surface area contributed by atoms with E-state index >= 15 is 0 Å². The highest BCUT2D eigenvalue weighted by Gasteiger charge is 2.33. The van der Waals surface area contributed by atoms with Crippen molar-refractivity contribution >= 4 is 24.2 Å². The van der Waals surface area contributed by atoms with E-state index in [-0.39, 0.29) is 0 Å². The highest BCUT2D eigenvalue weighted by Crippen LogP contribution is 2.45. The van der Waals surface area contributed by atoms with E-state index in [1.807, 2.05) is 4.95 Å². The molecule has 0 amide bonds. The quantitative estimate of drug-likeness (QED) is 0.351. The minimum atomic E-state index is -4.83. The molecular formula is C6H4N3O8P. The van der Waals surface area contributed by atoms with E-state index in [4.69, 9.17) is 4.89 Å². The summed E-state index contributed by atoms with van der Waals surface area (Å²) < 4.78 is 11.2. The molecule has 0 aliphatic rings. The molecule has 0 aliphatic carbocycles. The number of rotatable bonds is 4. The molecular weight excluding hydrogens is 273 g/mol. The summed E-state index contributed by atoms with van der Waals surface area (Å²) in [5.74, 6) is -1.28. The Kier molecular flexibility index (Phi) is 3.39. The topological polar surface area (TPSA) is 173 Å². The van der Waals surface area contributed by atoms with Gasteiger partial charge in [0.05, 0.1) is 15.2 Å². The summed E-state index contributed by atoms with van der Waals surface area (Å²) in [6.07, 6.45) is 0. The van der Waals surface area contributed by atoms with Gasteiger partial charge in [-0.05, 0) is 0 Å². The third-order valence-electron chi connectivity index (χ3n) is 1.89. The van der Waals surface area contributed by atoms with Crippen LogP contribution in [0.1, 0.15) is 0 Å². The molecule has 12 heteroatoms. The van der Waals surface area contributed by atoms with E-state index in [1.54, 1.807) is 0 Å². The molecule has 0 fully saturated rings. The van der Waals surface area contributed by atoms with Gasteiger partial charge in [0.2, 0.25) is 0 Å². The van der Waals surface area contributed by atoms with E-state index in [0.717, 1.165) is 0 Å². The first kappa shape index (κ1) is 13.7. The number of phenols is 1. The van der Waals surface area contributed by atoms with Gasteiger partial charge in [0.25, 0.3) is 5.75 Å². The number of aromatic hydroxyl groups is 1. The Morgan fingerprint density at radius 1 is 1.17 bits per heavy atom. The lowest BCUT2D eigenvalue weighted by molar-refractivity contribution is -0.395. The Labute approximate surface area is 97.5 Å². The molecule has 1 aromatic rings. The van der Waals surface area contributed by atoms with Crippen molar-refractivity contribution in [3.63, 3.8) is 0 Å². The summed E-state index contributed by atoms with van der Waals surface area (Å²) in [5.41, 5.74) is -2.34. The van der Waals surface area contributed by atoms with Gasteiger partial charge >= 0.3 is 18.9 Å². The van der Waals surface area contributed by atoms with Gasteiger partial charge in [0, 0.05) is 17.1 Å². The Bertz CT molecular complexity index is 563. The van der Waals surface area contributed by atoms with Gasteiger partial charge < -0.3 is 10.00 Å². The zero-order valence-corrected chi connectivity index (χ0v) is 9.18. The van der Waals surface area contributed by atoms with E-state index in [1.165, 1.54) is 0 Å². The van der Waals surface area contributed by atoms with Gasteiger partial charge in [-0.1, -0.05) is 0 Å². The molecule has 0 spiro atoms. The van der Waals surface area contributed by atoms with Crippen molar-refractivity contribution in [2.45, 2.75) is 0 Å². The van der Waals surface area contributed by atoms with Crippen molar-refractivity contribution in [1.29, 1.82) is 0 Å². The lowest BCUT2D eigenvalue weighted by Gasteiger charge is -2.04. The standard InChI is InChI=1S/C6H4N3O8P/c10-6-4(8(12)13)1-3(18(16,17)7-11)2-5(6)9(14)15/h1-2,10H,(H,16,17). The summed E-state index contributed by atoms with van der Waals surface area (Å²) in [5, 5.41) is 29.3. The highest BCUT2D eigenvalue weighted by atomic mass is 31.2. The van der Waals surface area contributed by atoms with Crippen LogP contribution >= 0.6 is 7.52 Å². The van der Waals surface area contributed by atoms with E-state index < -0.39 is 39.8 Å². The predicted octanol–water partition coefficient (Wildman–Crippen LogP) is 0.786. The first-order valence-corrected chi connectivity index (χ1v) is 5.66. The Hall–Kier alpha value is -2.39. The molecule has 0 bridgehead atoms. The maximum Gasteiger partial charge on any atom is 0.380 e. The van der Waals surface area contributed by atoms with Crippen molar-refractivity contribution in [3.05, 3.63) is 37.3 Å². The van der Waals surface area contributed by atoms with Gasteiger partial charge in [-0.25, -0.2) is 0 Å². The van der Waals surface area contributed by atoms with Crippen LogP contribution in [0.25, 0.3) is 0 Å². The molecule has 0 aromatic heterocycles. The average molecular weight is 277 g/mol. The molecule has 0 saturated heterocycles. The predicted molar refractivity (Wildman–Crippen MR) is 56.7 cm³/mol. The van der Waals surface area contributed by atoms with Crippen molar-refractivity contribution in [2.24, 2.45) is 4.95 Å². The number of nitro groups is 2. The first-order valence-electron chi connectivity index (χ1n) is 4.04. The summed E-state index contributed by atoms with van der Waals surface area (Å²) >= 11 is 0. The van der Waals surface area contributed by atoms with Crippen molar-refractivity contribution in [2.75, 3.05) is 0 Å². The van der Waals surface area contributed by atoms with E-state index in [0.29, 0.717) is 12.1 Å². The smallest absolute Gasteiger partial charge is 0.380 e. The number of nitrogens with zero attached hydrogens (tertiary/aromatic N) is 3. The average Bonchev–Trinajstić information content (AvgIpc) is 2.28. The monoisotopic (exact) mass is 277 g/mol. The maximum absolute atomic E-state index is 11.2. The molecule has 0 aliphatic heterocycles. The van der Waals surface area contributed by atoms with Gasteiger partial charge in [-0.2, -0.15) is 0 Å². The van der Waals surface area contributed by atoms with Crippen LogP contribution in [0.4, 0.5) is 11.4 Å². The summed E-state index contributed by atoms with van der Waals surface area (Å²) in [7, 11) is -4.83. The lowest BCUT2D eigenvalue weighted by atomic mass is 10.2. The molecule has 1 unspecified atom stereocenters. The molecule has 1 atom stereocenters. The second-order valence-corrected chi connectivity index (χ2v) is 4.74. The second kappa shape index (κ2) is 4.47. The Balaban J connectivity index is 3.68. The number of hydrogen-bond donors (Lipinski definition) is 2. The number of nitroso groups, excluding NO2 is 1. The van der Waals surface area contributed by atoms with Crippen LogP contribution in [0, 0.1) is 25.1 Å².